The first-order valence-electron chi connectivity index (χ1n) is 8.07. The average molecular weight is 379 g/mol. The molecule has 0 saturated heterocycles. The molecule has 2 rings (SSSR count). The van der Waals surface area contributed by atoms with Gasteiger partial charge in [-0.1, -0.05) is 6.92 Å². The fourth-order valence-electron chi connectivity index (χ4n) is 3.09. The number of rotatable bonds is 6. The number of hydrogen-bond acceptors (Lipinski definition) is 6. The summed E-state index contributed by atoms with van der Waals surface area (Å²) < 4.78 is 4.96. The fourth-order valence-corrected chi connectivity index (χ4v) is 3.44. The molecule has 1 atom stereocenters. The Hall–Kier alpha value is -2.68. The topological polar surface area (TPSA) is 105 Å². The van der Waals surface area contributed by atoms with Gasteiger partial charge in [0, 0.05) is 17.8 Å². The van der Waals surface area contributed by atoms with Gasteiger partial charge in [0.1, 0.15) is 0 Å². The molecule has 1 heterocycles. The minimum absolute atomic E-state index is 0.0171. The Labute approximate surface area is 156 Å². The summed E-state index contributed by atoms with van der Waals surface area (Å²) in [6.45, 7) is 5.78. The van der Waals surface area contributed by atoms with E-state index in [0.29, 0.717) is 22.9 Å². The molecule has 26 heavy (non-hydrogen) atoms. The molecule has 0 aromatic heterocycles. The van der Waals surface area contributed by atoms with Crippen LogP contribution in [-0.2, 0) is 4.79 Å². The van der Waals surface area contributed by atoms with Gasteiger partial charge >= 0.3 is 0 Å². The first kappa shape index (κ1) is 19.6. The SMILES string of the molecule is CCCN1C(=S)NC(c2cc(O)c(OC)cc2[N+](=O)[O-])C(C(C)=O)=C1C. The van der Waals surface area contributed by atoms with Crippen molar-refractivity contribution >= 4 is 28.8 Å². The number of benzene rings is 1. The summed E-state index contributed by atoms with van der Waals surface area (Å²) in [7, 11) is 1.31. The van der Waals surface area contributed by atoms with Gasteiger partial charge in [-0.3, -0.25) is 14.9 Å². The number of aromatic hydroxyl groups is 1. The minimum Gasteiger partial charge on any atom is -0.504 e. The Balaban J connectivity index is 2.70. The maximum absolute atomic E-state index is 12.3. The predicted molar refractivity (Wildman–Crippen MR) is 100 cm³/mol. The molecule has 1 aliphatic heterocycles. The number of nitrogens with zero attached hydrogens (tertiary/aromatic N) is 2. The molecule has 0 amide bonds. The number of methoxy groups -OCH3 is 1. The van der Waals surface area contributed by atoms with E-state index in [1.165, 1.54) is 20.1 Å². The Kier molecular flexibility index (Phi) is 5.81. The van der Waals surface area contributed by atoms with Gasteiger partial charge in [-0.15, -0.1) is 0 Å². The van der Waals surface area contributed by atoms with E-state index in [1.54, 1.807) is 11.8 Å². The first-order chi connectivity index (χ1) is 12.2. The third-order valence-electron chi connectivity index (χ3n) is 4.26. The number of Topliss-reactive ketones (excluding diaryl/α,β-unsaturated/α-hetero) is 1. The molecule has 1 aliphatic rings. The van der Waals surface area contributed by atoms with Crippen molar-refractivity contribution in [2.45, 2.75) is 33.2 Å². The summed E-state index contributed by atoms with van der Waals surface area (Å²) in [4.78, 5) is 25.1. The van der Waals surface area contributed by atoms with Crippen LogP contribution < -0.4 is 10.1 Å². The van der Waals surface area contributed by atoms with Gasteiger partial charge in [-0.25, -0.2) is 0 Å². The lowest BCUT2D eigenvalue weighted by Gasteiger charge is -2.37. The van der Waals surface area contributed by atoms with Gasteiger partial charge < -0.3 is 20.1 Å². The second-order valence-electron chi connectivity index (χ2n) is 5.93. The van der Waals surface area contributed by atoms with Crippen molar-refractivity contribution < 1.29 is 19.6 Å². The van der Waals surface area contributed by atoms with Crippen molar-refractivity contribution in [2.75, 3.05) is 13.7 Å². The van der Waals surface area contributed by atoms with E-state index in [9.17, 15) is 20.0 Å². The van der Waals surface area contributed by atoms with Crippen LogP contribution in [0.3, 0.4) is 0 Å². The van der Waals surface area contributed by atoms with Crippen molar-refractivity contribution in [3.8, 4) is 11.5 Å². The molecule has 140 valence electrons. The van der Waals surface area contributed by atoms with Crippen LogP contribution in [0.5, 0.6) is 11.5 Å². The molecule has 0 bridgehead atoms. The molecule has 8 nitrogen and oxygen atoms in total. The third-order valence-corrected chi connectivity index (χ3v) is 4.60. The van der Waals surface area contributed by atoms with Gasteiger partial charge in [-0.2, -0.15) is 0 Å². The van der Waals surface area contributed by atoms with Crippen LogP contribution in [0.2, 0.25) is 0 Å². The van der Waals surface area contributed by atoms with Crippen LogP contribution >= 0.6 is 12.2 Å². The van der Waals surface area contributed by atoms with E-state index in [1.807, 2.05) is 6.92 Å². The zero-order valence-electron chi connectivity index (χ0n) is 15.0. The van der Waals surface area contributed by atoms with Crippen LogP contribution in [0.25, 0.3) is 0 Å². The molecular weight excluding hydrogens is 358 g/mol. The normalized spacial score (nSPS) is 17.2. The number of phenolic OH excluding ortho intramolecular Hbond substituents is 1. The van der Waals surface area contributed by atoms with Crippen LogP contribution in [0.1, 0.15) is 38.8 Å². The number of nitro groups is 1. The van der Waals surface area contributed by atoms with E-state index in [-0.39, 0.29) is 28.5 Å². The Morgan fingerprint density at radius 1 is 1.50 bits per heavy atom. The second-order valence-corrected chi connectivity index (χ2v) is 6.32. The second kappa shape index (κ2) is 7.69. The molecule has 0 radical (unpaired) electrons. The molecule has 2 N–H and O–H groups in total. The lowest BCUT2D eigenvalue weighted by atomic mass is 9.91. The molecule has 0 aliphatic carbocycles. The van der Waals surface area contributed by atoms with Gasteiger partial charge in [-0.05, 0) is 38.6 Å². The quantitative estimate of drug-likeness (QED) is 0.442. The number of phenols is 1. The van der Waals surface area contributed by atoms with Crippen LogP contribution in [0.15, 0.2) is 23.4 Å². The number of ketones is 1. The van der Waals surface area contributed by atoms with E-state index in [4.69, 9.17) is 17.0 Å². The molecule has 0 saturated carbocycles. The molecular formula is C17H21N3O5S. The highest BCUT2D eigenvalue weighted by Crippen LogP contribution is 2.41. The molecule has 9 heteroatoms. The van der Waals surface area contributed by atoms with Gasteiger partial charge in [0.05, 0.1) is 29.7 Å². The standard InChI is InChI=1S/C17H21N3O5S/c1-5-6-19-9(2)15(10(3)21)16(18-17(19)26)11-7-13(22)14(25-4)8-12(11)20(23)24/h7-8,16,22H,5-6H2,1-4H3,(H,18,26). The third kappa shape index (κ3) is 3.48. The Morgan fingerprint density at radius 3 is 2.65 bits per heavy atom. The molecule has 0 spiro atoms. The van der Waals surface area contributed by atoms with Crippen molar-refractivity contribution in [2.24, 2.45) is 0 Å². The zero-order chi connectivity index (χ0) is 19.6. The summed E-state index contributed by atoms with van der Waals surface area (Å²) in [6, 6.07) is 1.55. The van der Waals surface area contributed by atoms with Crippen LogP contribution in [0.4, 0.5) is 5.69 Å². The van der Waals surface area contributed by atoms with E-state index in [0.717, 1.165) is 12.5 Å². The van der Waals surface area contributed by atoms with E-state index >= 15 is 0 Å². The number of hydrogen-bond donors (Lipinski definition) is 2. The number of carbonyl (C=O) groups is 1. The lowest BCUT2D eigenvalue weighted by molar-refractivity contribution is -0.385. The number of carbonyl (C=O) groups excluding carboxylic acids is 1. The maximum Gasteiger partial charge on any atom is 0.279 e. The molecule has 1 unspecified atom stereocenters. The Morgan fingerprint density at radius 2 is 2.15 bits per heavy atom. The van der Waals surface area contributed by atoms with Gasteiger partial charge in [0.25, 0.3) is 5.69 Å². The highest BCUT2D eigenvalue weighted by Gasteiger charge is 2.36. The van der Waals surface area contributed by atoms with Gasteiger partial charge in [0.2, 0.25) is 0 Å². The fraction of sp³-hybridized carbons (Fsp3) is 0.412. The Bertz CT molecular complexity index is 806. The summed E-state index contributed by atoms with van der Waals surface area (Å²) in [5, 5.41) is 25.0. The highest BCUT2D eigenvalue weighted by atomic mass is 32.1. The predicted octanol–water partition coefficient (Wildman–Crippen LogP) is 2.81. The van der Waals surface area contributed by atoms with Crippen LogP contribution in [0, 0.1) is 10.1 Å². The highest BCUT2D eigenvalue weighted by molar-refractivity contribution is 7.80. The van der Waals surface area contributed by atoms with Gasteiger partial charge in [0.15, 0.2) is 22.4 Å². The minimum atomic E-state index is -0.828. The summed E-state index contributed by atoms with van der Waals surface area (Å²) in [5.41, 5.74) is 0.907. The molecule has 1 aromatic rings. The number of nitrogens with one attached hydrogen (secondary N) is 1. The van der Waals surface area contributed by atoms with E-state index < -0.39 is 11.0 Å². The molecule has 1 aromatic carbocycles. The first-order valence-corrected chi connectivity index (χ1v) is 8.48. The maximum atomic E-state index is 12.3. The lowest BCUT2D eigenvalue weighted by Crippen LogP contribution is -2.47. The molecule has 0 fully saturated rings. The summed E-state index contributed by atoms with van der Waals surface area (Å²) >= 11 is 5.39. The average Bonchev–Trinajstić information content (AvgIpc) is 2.57. The number of ether oxygens (including phenoxy) is 1. The summed E-state index contributed by atoms with van der Waals surface area (Å²) in [5.74, 6) is -0.498. The van der Waals surface area contributed by atoms with Crippen molar-refractivity contribution in [1.82, 2.24) is 10.2 Å². The number of allylic oxidation sites excluding steroid dienone is 1. The van der Waals surface area contributed by atoms with Crippen LogP contribution in [-0.4, -0.2) is 39.5 Å². The monoisotopic (exact) mass is 379 g/mol. The summed E-state index contributed by atoms with van der Waals surface area (Å²) in [6.07, 6.45) is 0.818. The number of nitro benzene ring substituents is 1. The number of thiocarbonyl (C=S) groups is 1. The van der Waals surface area contributed by atoms with Crippen molar-refractivity contribution in [3.05, 3.63) is 39.1 Å². The smallest absolute Gasteiger partial charge is 0.279 e. The van der Waals surface area contributed by atoms with Crippen molar-refractivity contribution in [3.63, 3.8) is 0 Å². The largest absolute Gasteiger partial charge is 0.504 e. The zero-order valence-corrected chi connectivity index (χ0v) is 15.8. The van der Waals surface area contributed by atoms with E-state index in [2.05, 4.69) is 5.32 Å². The van der Waals surface area contributed by atoms with Crippen molar-refractivity contribution in [1.29, 1.82) is 0 Å².